The molecule has 0 N–H and O–H groups in total. The van der Waals surface area contributed by atoms with Crippen LogP contribution in [-0.4, -0.2) is 14.1 Å². The number of rotatable bonds is 3. The fourth-order valence-electron chi connectivity index (χ4n) is 8.96. The van der Waals surface area contributed by atoms with Gasteiger partial charge < -0.3 is 13.6 Å². The molecule has 0 atom stereocenters. The summed E-state index contributed by atoms with van der Waals surface area (Å²) in [6.45, 7) is 0. The Balaban J connectivity index is 1.29. The minimum absolute atomic E-state index is 0.625. The van der Waals surface area contributed by atoms with Gasteiger partial charge in [-0.3, -0.25) is 0 Å². The SMILES string of the molecule is c1ccc(-n2c3ccccc3c3c4c(c5ccccc5c32)c2ccccc2c2c4c3ccccc3n2-c2ccc(-c3nc4ccccc4o3)cc2)cc1. The van der Waals surface area contributed by atoms with Crippen LogP contribution in [0.1, 0.15) is 0 Å². The predicted octanol–water partition coefficient (Wildman–Crippen LogP) is 13.1. The molecule has 0 saturated carbocycles. The summed E-state index contributed by atoms with van der Waals surface area (Å²) < 4.78 is 11.1. The third-order valence-corrected chi connectivity index (χ3v) is 11.1. The summed E-state index contributed by atoms with van der Waals surface area (Å²) in [5.41, 5.74) is 9.65. The monoisotopic (exact) mass is 675 g/mol. The van der Waals surface area contributed by atoms with Crippen LogP contribution in [0.25, 0.3) is 110 Å². The Kier molecular flexibility index (Phi) is 5.74. The van der Waals surface area contributed by atoms with Gasteiger partial charge in [0.1, 0.15) is 5.52 Å². The lowest BCUT2D eigenvalue weighted by atomic mass is 9.89. The van der Waals surface area contributed by atoms with Gasteiger partial charge in [-0.1, -0.05) is 115 Å². The smallest absolute Gasteiger partial charge is 0.227 e. The quantitative estimate of drug-likeness (QED) is 0.175. The van der Waals surface area contributed by atoms with E-state index in [1.807, 2.05) is 24.3 Å². The van der Waals surface area contributed by atoms with E-state index in [0.717, 1.165) is 28.0 Å². The molecule has 0 amide bonds. The van der Waals surface area contributed by atoms with E-state index >= 15 is 0 Å². The Labute approximate surface area is 303 Å². The highest BCUT2D eigenvalue weighted by atomic mass is 16.3. The van der Waals surface area contributed by atoms with Crippen LogP contribution in [0.15, 0.2) is 180 Å². The molecule has 0 aliphatic heterocycles. The number of para-hydroxylation sites is 5. The van der Waals surface area contributed by atoms with Crippen molar-refractivity contribution in [3.8, 4) is 22.8 Å². The largest absolute Gasteiger partial charge is 0.436 e. The average molecular weight is 676 g/mol. The predicted molar refractivity (Wildman–Crippen MR) is 221 cm³/mol. The lowest BCUT2D eigenvalue weighted by molar-refractivity contribution is 0.620. The molecule has 4 heteroatoms. The van der Waals surface area contributed by atoms with Gasteiger partial charge in [-0.05, 0) is 76.8 Å². The fourth-order valence-corrected chi connectivity index (χ4v) is 8.96. The van der Waals surface area contributed by atoms with E-state index in [1.165, 1.54) is 75.9 Å². The second kappa shape index (κ2) is 10.7. The summed E-state index contributed by atoms with van der Waals surface area (Å²) in [6.07, 6.45) is 0. The number of hydrogen-bond acceptors (Lipinski definition) is 2. The molecule has 0 bridgehead atoms. The van der Waals surface area contributed by atoms with Gasteiger partial charge in [0.15, 0.2) is 5.58 Å². The van der Waals surface area contributed by atoms with Crippen molar-refractivity contribution in [1.82, 2.24) is 14.1 Å². The zero-order valence-electron chi connectivity index (χ0n) is 28.5. The minimum atomic E-state index is 0.625. The third-order valence-electron chi connectivity index (χ3n) is 11.1. The van der Waals surface area contributed by atoms with Crippen LogP contribution in [0.5, 0.6) is 0 Å². The van der Waals surface area contributed by atoms with Crippen LogP contribution in [0.4, 0.5) is 0 Å². The van der Waals surface area contributed by atoms with Crippen molar-refractivity contribution < 1.29 is 4.42 Å². The lowest BCUT2D eigenvalue weighted by Gasteiger charge is -2.16. The Hall–Kier alpha value is -7.17. The first-order valence-corrected chi connectivity index (χ1v) is 18.1. The van der Waals surface area contributed by atoms with Gasteiger partial charge in [0.05, 0.1) is 22.1 Å². The van der Waals surface area contributed by atoms with Gasteiger partial charge in [0, 0.05) is 54.6 Å². The highest BCUT2D eigenvalue weighted by Gasteiger charge is 2.25. The number of fused-ring (bicyclic) bond motifs is 16. The van der Waals surface area contributed by atoms with E-state index in [-0.39, 0.29) is 0 Å². The maximum Gasteiger partial charge on any atom is 0.227 e. The molecule has 0 radical (unpaired) electrons. The molecule has 12 rings (SSSR count). The van der Waals surface area contributed by atoms with Gasteiger partial charge in [-0.15, -0.1) is 0 Å². The topological polar surface area (TPSA) is 35.9 Å². The molecule has 246 valence electrons. The second-order valence-corrected chi connectivity index (χ2v) is 13.9. The van der Waals surface area contributed by atoms with Crippen molar-refractivity contribution in [2.24, 2.45) is 0 Å². The van der Waals surface area contributed by atoms with Crippen molar-refractivity contribution in [2.75, 3.05) is 0 Å². The van der Waals surface area contributed by atoms with Gasteiger partial charge >= 0.3 is 0 Å². The zero-order chi connectivity index (χ0) is 34.6. The summed E-state index contributed by atoms with van der Waals surface area (Å²) in [5.74, 6) is 0.625. The Bertz CT molecular complexity index is 3410. The van der Waals surface area contributed by atoms with E-state index in [2.05, 4.69) is 161 Å². The van der Waals surface area contributed by atoms with Gasteiger partial charge in [0.25, 0.3) is 0 Å². The van der Waals surface area contributed by atoms with E-state index < -0.39 is 0 Å². The first-order valence-electron chi connectivity index (χ1n) is 18.1. The molecule has 9 aromatic carbocycles. The van der Waals surface area contributed by atoms with Crippen molar-refractivity contribution in [3.05, 3.63) is 176 Å². The maximum atomic E-state index is 6.16. The highest BCUT2D eigenvalue weighted by Crippen LogP contribution is 2.50. The third kappa shape index (κ3) is 3.87. The molecule has 0 aliphatic rings. The molecule has 0 aliphatic carbocycles. The Morgan fingerprint density at radius 2 is 0.830 bits per heavy atom. The molecule has 0 fully saturated rings. The summed E-state index contributed by atoms with van der Waals surface area (Å²) in [7, 11) is 0. The minimum Gasteiger partial charge on any atom is -0.436 e. The van der Waals surface area contributed by atoms with Crippen LogP contribution < -0.4 is 0 Å². The fraction of sp³-hybridized carbons (Fsp3) is 0. The molecule has 3 aromatic heterocycles. The first kappa shape index (κ1) is 28.5. The molecule has 0 unspecified atom stereocenters. The van der Waals surface area contributed by atoms with Crippen molar-refractivity contribution in [2.45, 2.75) is 0 Å². The number of hydrogen-bond donors (Lipinski definition) is 0. The Morgan fingerprint density at radius 1 is 0.358 bits per heavy atom. The normalized spacial score (nSPS) is 12.2. The van der Waals surface area contributed by atoms with Crippen LogP contribution >= 0.6 is 0 Å². The molecule has 4 nitrogen and oxygen atoms in total. The van der Waals surface area contributed by atoms with E-state index in [4.69, 9.17) is 9.40 Å². The van der Waals surface area contributed by atoms with E-state index in [9.17, 15) is 0 Å². The summed E-state index contributed by atoms with van der Waals surface area (Å²) in [4.78, 5) is 4.78. The molecule has 0 saturated heterocycles. The summed E-state index contributed by atoms with van der Waals surface area (Å²) in [6, 6.07) is 63.1. The van der Waals surface area contributed by atoms with Crippen LogP contribution in [0.3, 0.4) is 0 Å². The summed E-state index contributed by atoms with van der Waals surface area (Å²) in [5, 5.41) is 12.6. The first-order chi connectivity index (χ1) is 26.3. The molecule has 53 heavy (non-hydrogen) atoms. The lowest BCUT2D eigenvalue weighted by Crippen LogP contribution is -1.96. The van der Waals surface area contributed by atoms with E-state index in [1.54, 1.807) is 0 Å². The standard InChI is InChI=1S/C49H29N3O/c1-2-14-31(15-3-1)51-40-23-11-8-20-37(40)44-46-43(33-16-4-6-18-35(33)47(44)51)34-17-5-7-19-36(34)48-45(46)38-21-9-12-24-41(38)52(48)32-28-26-30(27-29-32)49-50-39-22-10-13-25-42(39)53-49/h1-29H. The van der Waals surface area contributed by atoms with Gasteiger partial charge in [-0.2, -0.15) is 0 Å². The van der Waals surface area contributed by atoms with E-state index in [0.29, 0.717) is 5.89 Å². The molecule has 3 heterocycles. The van der Waals surface area contributed by atoms with Gasteiger partial charge in [0.2, 0.25) is 5.89 Å². The van der Waals surface area contributed by atoms with Crippen molar-refractivity contribution in [1.29, 1.82) is 0 Å². The Morgan fingerprint density at radius 3 is 1.42 bits per heavy atom. The number of nitrogens with zero attached hydrogens (tertiary/aromatic N) is 3. The molecule has 0 spiro atoms. The number of benzene rings is 9. The maximum absolute atomic E-state index is 6.16. The number of aromatic nitrogens is 3. The van der Waals surface area contributed by atoms with Crippen LogP contribution in [0, 0.1) is 0 Å². The average Bonchev–Trinajstić information content (AvgIpc) is 3.92. The molecule has 12 aromatic rings. The molecular weight excluding hydrogens is 647 g/mol. The van der Waals surface area contributed by atoms with Crippen molar-refractivity contribution in [3.63, 3.8) is 0 Å². The zero-order valence-corrected chi connectivity index (χ0v) is 28.5. The highest BCUT2D eigenvalue weighted by molar-refractivity contribution is 6.45. The van der Waals surface area contributed by atoms with Crippen molar-refractivity contribution >= 4 is 87.0 Å². The van der Waals surface area contributed by atoms with Gasteiger partial charge in [-0.25, -0.2) is 4.98 Å². The van der Waals surface area contributed by atoms with Crippen LogP contribution in [0.2, 0.25) is 0 Å². The second-order valence-electron chi connectivity index (χ2n) is 13.9. The number of oxazole rings is 1. The molecular formula is C49H29N3O. The summed E-state index contributed by atoms with van der Waals surface area (Å²) >= 11 is 0. The van der Waals surface area contributed by atoms with Crippen LogP contribution in [-0.2, 0) is 0 Å².